The van der Waals surface area contributed by atoms with Gasteiger partial charge in [-0.2, -0.15) is 0 Å². The Bertz CT molecular complexity index is 552. The molecule has 4 N–H and O–H groups in total. The van der Waals surface area contributed by atoms with Crippen molar-refractivity contribution in [1.29, 1.82) is 0 Å². The number of hydrogen-bond donors (Lipinski definition) is 4. The number of aromatic nitrogens is 2. The van der Waals surface area contributed by atoms with Gasteiger partial charge in [-0.05, 0) is 6.92 Å². The summed E-state index contributed by atoms with van der Waals surface area (Å²) in [4.78, 5) is 24.6. The van der Waals surface area contributed by atoms with Crippen molar-refractivity contribution in [2.75, 3.05) is 6.61 Å². The number of nitrogens with zero attached hydrogens (tertiary/aromatic N) is 1. The molecule has 0 amide bonds. The number of H-pyrrole nitrogens is 1. The molecule has 1 saturated heterocycles. The maximum absolute atomic E-state index is 11.7. The third-order valence-corrected chi connectivity index (χ3v) is 3.13. The van der Waals surface area contributed by atoms with Crippen LogP contribution in [-0.4, -0.2) is 49.8 Å². The van der Waals surface area contributed by atoms with Crippen molar-refractivity contribution in [3.8, 4) is 0 Å². The van der Waals surface area contributed by atoms with Crippen LogP contribution in [0, 0.1) is 0 Å². The van der Waals surface area contributed by atoms with E-state index in [2.05, 4.69) is 0 Å². The molecule has 2 unspecified atom stereocenters. The highest BCUT2D eigenvalue weighted by molar-refractivity contribution is 4.99. The van der Waals surface area contributed by atoms with Crippen molar-refractivity contribution < 1.29 is 20.1 Å². The van der Waals surface area contributed by atoms with E-state index in [4.69, 9.17) is 9.84 Å². The summed E-state index contributed by atoms with van der Waals surface area (Å²) in [6.45, 7) is 0.891. The van der Waals surface area contributed by atoms with Gasteiger partial charge in [-0.1, -0.05) is 0 Å². The summed E-state index contributed by atoms with van der Waals surface area (Å²) in [6, 6.07) is 1.10. The first-order chi connectivity index (χ1) is 8.40. The molecular weight excluding hydrogens is 244 g/mol. The standard InChI is InChI=1S/C10H14N2O6/c1-10(8(16)7(15)5(4-13)18-10)12-3-2-6(14)11-9(12)17/h2-3,5,7-8,13,15-16H,4H2,1H3,(H,11,14,17)/t5-,7?,8?,10-/m1/s1. The van der Waals surface area contributed by atoms with Crippen LogP contribution in [0.2, 0.25) is 0 Å². The summed E-state index contributed by atoms with van der Waals surface area (Å²) in [5.41, 5.74) is -2.89. The largest absolute Gasteiger partial charge is 0.394 e. The first-order valence-electron chi connectivity index (χ1n) is 5.37. The fourth-order valence-corrected chi connectivity index (χ4v) is 2.08. The molecule has 100 valence electrons. The minimum atomic E-state index is -1.55. The van der Waals surface area contributed by atoms with Gasteiger partial charge in [0.25, 0.3) is 5.56 Å². The molecule has 1 aromatic rings. The van der Waals surface area contributed by atoms with E-state index in [1.165, 1.54) is 6.92 Å². The molecule has 8 heteroatoms. The second-order valence-corrected chi connectivity index (χ2v) is 4.31. The molecule has 0 radical (unpaired) electrons. The van der Waals surface area contributed by atoms with E-state index in [-0.39, 0.29) is 0 Å². The average Bonchev–Trinajstić information content (AvgIpc) is 2.54. The van der Waals surface area contributed by atoms with Crippen LogP contribution in [0.25, 0.3) is 0 Å². The quantitative estimate of drug-likeness (QED) is 0.458. The van der Waals surface area contributed by atoms with Crippen molar-refractivity contribution in [2.45, 2.75) is 31.0 Å². The minimum absolute atomic E-state index is 0.494. The summed E-state index contributed by atoms with van der Waals surface area (Å²) >= 11 is 0. The van der Waals surface area contributed by atoms with Crippen molar-refractivity contribution in [2.24, 2.45) is 0 Å². The van der Waals surface area contributed by atoms with Gasteiger partial charge in [0.1, 0.15) is 18.3 Å². The highest BCUT2D eigenvalue weighted by Gasteiger charge is 2.52. The third-order valence-electron chi connectivity index (χ3n) is 3.13. The van der Waals surface area contributed by atoms with Crippen LogP contribution in [0.15, 0.2) is 21.9 Å². The Balaban J connectivity index is 2.49. The van der Waals surface area contributed by atoms with Crippen LogP contribution >= 0.6 is 0 Å². The van der Waals surface area contributed by atoms with Crippen molar-refractivity contribution >= 4 is 0 Å². The molecule has 0 saturated carbocycles. The van der Waals surface area contributed by atoms with Gasteiger partial charge in [0.15, 0.2) is 5.72 Å². The van der Waals surface area contributed by atoms with Gasteiger partial charge in [-0.3, -0.25) is 14.3 Å². The minimum Gasteiger partial charge on any atom is -0.394 e. The van der Waals surface area contributed by atoms with Crippen LogP contribution in [-0.2, 0) is 10.5 Å². The molecule has 2 rings (SSSR count). The van der Waals surface area contributed by atoms with Crippen LogP contribution in [0.1, 0.15) is 6.92 Å². The lowest BCUT2D eigenvalue weighted by Crippen LogP contribution is -2.49. The fraction of sp³-hybridized carbons (Fsp3) is 0.600. The molecule has 0 aromatic carbocycles. The van der Waals surface area contributed by atoms with E-state index in [9.17, 15) is 19.8 Å². The summed E-state index contributed by atoms with van der Waals surface area (Å²) in [5, 5.41) is 28.6. The smallest absolute Gasteiger partial charge is 0.330 e. The molecular formula is C10H14N2O6. The van der Waals surface area contributed by atoms with Crippen molar-refractivity contribution in [3.63, 3.8) is 0 Å². The van der Waals surface area contributed by atoms with E-state index >= 15 is 0 Å². The monoisotopic (exact) mass is 258 g/mol. The first kappa shape index (κ1) is 13.0. The van der Waals surface area contributed by atoms with Crippen molar-refractivity contribution in [3.05, 3.63) is 33.1 Å². The van der Waals surface area contributed by atoms with Gasteiger partial charge in [0, 0.05) is 12.3 Å². The van der Waals surface area contributed by atoms with E-state index in [0.717, 1.165) is 16.8 Å². The maximum atomic E-state index is 11.7. The predicted octanol–water partition coefficient (Wildman–Crippen LogP) is -2.68. The van der Waals surface area contributed by atoms with Gasteiger partial charge in [-0.25, -0.2) is 4.79 Å². The number of aliphatic hydroxyl groups excluding tert-OH is 3. The Hall–Kier alpha value is -1.48. The molecule has 2 heterocycles. The number of aromatic amines is 1. The van der Waals surface area contributed by atoms with E-state index in [0.29, 0.717) is 0 Å². The normalized spacial score (nSPS) is 35.9. The average molecular weight is 258 g/mol. The topological polar surface area (TPSA) is 125 Å². The Morgan fingerprint density at radius 3 is 2.67 bits per heavy atom. The number of aliphatic hydroxyl groups is 3. The molecule has 1 aliphatic heterocycles. The van der Waals surface area contributed by atoms with Gasteiger partial charge >= 0.3 is 5.69 Å². The lowest BCUT2D eigenvalue weighted by Gasteiger charge is -2.29. The number of hydrogen-bond acceptors (Lipinski definition) is 6. The molecule has 8 nitrogen and oxygen atoms in total. The van der Waals surface area contributed by atoms with E-state index in [1.807, 2.05) is 4.98 Å². The molecule has 0 aliphatic carbocycles. The lowest BCUT2D eigenvalue weighted by molar-refractivity contribution is -0.137. The first-order valence-corrected chi connectivity index (χ1v) is 5.37. The molecule has 0 spiro atoms. The van der Waals surface area contributed by atoms with Gasteiger partial charge < -0.3 is 20.1 Å². The molecule has 1 aliphatic rings. The fourth-order valence-electron chi connectivity index (χ4n) is 2.08. The molecule has 1 aromatic heterocycles. The van der Waals surface area contributed by atoms with Gasteiger partial charge in [0.2, 0.25) is 0 Å². The zero-order valence-electron chi connectivity index (χ0n) is 9.61. The van der Waals surface area contributed by atoms with Crippen LogP contribution in [0.4, 0.5) is 0 Å². The highest BCUT2D eigenvalue weighted by atomic mass is 16.6. The molecule has 4 atom stereocenters. The van der Waals surface area contributed by atoms with Crippen LogP contribution in [0.5, 0.6) is 0 Å². The lowest BCUT2D eigenvalue weighted by atomic mass is 10.0. The third kappa shape index (κ3) is 1.79. The Morgan fingerprint density at radius 2 is 2.17 bits per heavy atom. The summed E-state index contributed by atoms with van der Waals surface area (Å²) in [6.07, 6.45) is -2.56. The summed E-state index contributed by atoms with van der Waals surface area (Å²) in [7, 11) is 0. The maximum Gasteiger partial charge on any atom is 0.330 e. The highest BCUT2D eigenvalue weighted by Crippen LogP contribution is 2.33. The van der Waals surface area contributed by atoms with Crippen LogP contribution < -0.4 is 11.2 Å². The SMILES string of the molecule is C[C@@]1(n2ccc(=O)[nH]c2=O)O[C@H](CO)C(O)C1O. The van der Waals surface area contributed by atoms with Gasteiger partial charge in [0.05, 0.1) is 6.61 Å². The second-order valence-electron chi connectivity index (χ2n) is 4.31. The second kappa shape index (κ2) is 4.32. The molecule has 0 bridgehead atoms. The Kier molecular flexibility index (Phi) is 3.11. The summed E-state index contributed by atoms with van der Waals surface area (Å²) < 4.78 is 6.29. The zero-order chi connectivity index (χ0) is 13.5. The molecule has 1 fully saturated rings. The number of ether oxygens (including phenoxy) is 1. The van der Waals surface area contributed by atoms with Gasteiger partial charge in [-0.15, -0.1) is 0 Å². The van der Waals surface area contributed by atoms with E-state index < -0.39 is 41.9 Å². The summed E-state index contributed by atoms with van der Waals surface area (Å²) in [5.74, 6) is 0. The Labute approximate surface area is 101 Å². The number of rotatable bonds is 2. The molecule has 18 heavy (non-hydrogen) atoms. The van der Waals surface area contributed by atoms with Crippen LogP contribution in [0.3, 0.4) is 0 Å². The van der Waals surface area contributed by atoms with Crippen molar-refractivity contribution in [1.82, 2.24) is 9.55 Å². The zero-order valence-corrected chi connectivity index (χ0v) is 9.61. The Morgan fingerprint density at radius 1 is 1.50 bits per heavy atom. The van der Waals surface area contributed by atoms with E-state index in [1.54, 1.807) is 0 Å². The predicted molar refractivity (Wildman–Crippen MR) is 58.9 cm³/mol. The number of nitrogens with one attached hydrogen (secondary N) is 1.